The van der Waals surface area contributed by atoms with Crippen molar-refractivity contribution in [1.29, 1.82) is 0 Å². The lowest BCUT2D eigenvalue weighted by atomic mass is 10.1. The van der Waals surface area contributed by atoms with Gasteiger partial charge in [0.05, 0.1) is 27.3 Å². The van der Waals surface area contributed by atoms with Gasteiger partial charge in [-0.25, -0.2) is 8.78 Å². The molecule has 0 aliphatic carbocycles. The van der Waals surface area contributed by atoms with E-state index in [-0.39, 0.29) is 33.7 Å². The van der Waals surface area contributed by atoms with E-state index in [1.165, 1.54) is 0 Å². The molecule has 0 saturated carbocycles. The van der Waals surface area contributed by atoms with Gasteiger partial charge in [0.25, 0.3) is 0 Å². The number of aromatic nitrogens is 2. The lowest BCUT2D eigenvalue weighted by Gasteiger charge is -1.99. The van der Waals surface area contributed by atoms with Crippen LogP contribution in [-0.2, 0) is 0 Å². The average Bonchev–Trinajstić information content (AvgIpc) is 3.05. The van der Waals surface area contributed by atoms with Gasteiger partial charge in [-0.15, -0.1) is 4.91 Å². The predicted octanol–water partition coefficient (Wildman–Crippen LogP) is 5.35. The number of hydrogen-bond acceptors (Lipinski definition) is 3. The number of nitrogens with zero attached hydrogens (tertiary/aromatic N) is 1. The number of rotatable bonds is 2. The number of fused-ring (bicyclic) bond motifs is 2. The van der Waals surface area contributed by atoms with Crippen LogP contribution in [-0.4, -0.2) is 15.1 Å². The van der Waals surface area contributed by atoms with Crippen LogP contribution in [0.5, 0.6) is 5.88 Å². The Kier molecular flexibility index (Phi) is 3.07. The van der Waals surface area contributed by atoms with E-state index in [2.05, 4.69) is 15.1 Å². The second-order valence-electron chi connectivity index (χ2n) is 5.26. The zero-order valence-corrected chi connectivity index (χ0v) is 12.6. The molecule has 0 fully saturated rings. The van der Waals surface area contributed by atoms with Crippen LogP contribution in [0.4, 0.5) is 14.5 Å². The molecule has 0 bridgehead atoms. The molecule has 2 heterocycles. The van der Waals surface area contributed by atoms with Crippen LogP contribution in [0.15, 0.2) is 35.5 Å². The molecule has 5 nitrogen and oxygen atoms in total. The Morgan fingerprint density at radius 3 is 2.58 bits per heavy atom. The van der Waals surface area contributed by atoms with E-state index >= 15 is 0 Å². The van der Waals surface area contributed by atoms with Crippen molar-refractivity contribution in [2.75, 3.05) is 0 Å². The largest absolute Gasteiger partial charge is 0.494 e. The summed E-state index contributed by atoms with van der Waals surface area (Å²) in [6, 6.07) is 6.83. The number of aromatic hydroxyl groups is 1. The second kappa shape index (κ2) is 5.04. The van der Waals surface area contributed by atoms with Gasteiger partial charge in [-0.2, -0.15) is 0 Å². The average molecular weight is 348 g/mol. The first-order chi connectivity index (χ1) is 11.5. The van der Waals surface area contributed by atoms with Crippen molar-refractivity contribution >= 4 is 39.1 Å². The molecule has 0 saturated heterocycles. The van der Waals surface area contributed by atoms with Gasteiger partial charge >= 0.3 is 0 Å². The molecule has 0 aliphatic heterocycles. The van der Waals surface area contributed by atoms with Crippen LogP contribution in [0, 0.1) is 16.5 Å². The first-order valence-electron chi connectivity index (χ1n) is 6.85. The molecule has 0 atom stereocenters. The first-order valence-corrected chi connectivity index (χ1v) is 7.22. The minimum absolute atomic E-state index is 0.120. The van der Waals surface area contributed by atoms with Crippen LogP contribution in [0.2, 0.25) is 5.02 Å². The SMILES string of the molecule is O=Nc1c(-c2c(O)[nH]c3c(Cl)cccc23)[nH]c2cc(F)c(F)cc12. The fraction of sp³-hybridized carbons (Fsp3) is 0. The smallest absolute Gasteiger partial charge is 0.199 e. The van der Waals surface area contributed by atoms with E-state index in [9.17, 15) is 18.8 Å². The fourth-order valence-electron chi connectivity index (χ4n) is 2.87. The second-order valence-corrected chi connectivity index (χ2v) is 5.67. The van der Waals surface area contributed by atoms with Gasteiger partial charge in [0.15, 0.2) is 17.5 Å². The summed E-state index contributed by atoms with van der Waals surface area (Å²) in [7, 11) is 0. The van der Waals surface area contributed by atoms with Crippen molar-refractivity contribution in [3.63, 3.8) is 0 Å². The number of hydrogen-bond donors (Lipinski definition) is 3. The summed E-state index contributed by atoms with van der Waals surface area (Å²) in [5.74, 6) is -2.39. The van der Waals surface area contributed by atoms with Gasteiger partial charge in [0, 0.05) is 16.8 Å². The Balaban J connectivity index is 2.13. The molecule has 0 amide bonds. The molecule has 4 rings (SSSR count). The third-order valence-electron chi connectivity index (χ3n) is 3.92. The first kappa shape index (κ1) is 14.6. The van der Waals surface area contributed by atoms with Gasteiger partial charge < -0.3 is 15.1 Å². The molecule has 0 aliphatic rings. The highest BCUT2D eigenvalue weighted by atomic mass is 35.5. The Labute approximate surface area is 137 Å². The minimum atomic E-state index is -1.09. The molecule has 0 unspecified atom stereocenters. The van der Waals surface area contributed by atoms with E-state index in [1.807, 2.05) is 0 Å². The van der Waals surface area contributed by atoms with Crippen molar-refractivity contribution < 1.29 is 13.9 Å². The number of nitroso groups, excluding NO2 is 1. The minimum Gasteiger partial charge on any atom is -0.494 e. The number of halogens is 3. The standard InChI is InChI=1S/C16H8ClF2N3O2/c17-8-3-1-2-6-12(16(23)21-13(6)8)15-14(22-24)7-4-9(18)10(19)5-11(7)20-15/h1-5,20-21,23H. The third-order valence-corrected chi connectivity index (χ3v) is 4.23. The van der Waals surface area contributed by atoms with E-state index < -0.39 is 11.6 Å². The van der Waals surface area contributed by atoms with Gasteiger partial charge in [0.2, 0.25) is 0 Å². The molecule has 24 heavy (non-hydrogen) atoms. The quantitative estimate of drug-likeness (QED) is 0.427. The van der Waals surface area contributed by atoms with Gasteiger partial charge in [-0.05, 0) is 17.3 Å². The van der Waals surface area contributed by atoms with Crippen LogP contribution >= 0.6 is 11.6 Å². The van der Waals surface area contributed by atoms with Crippen LogP contribution in [0.3, 0.4) is 0 Å². The molecule has 120 valence electrons. The summed E-state index contributed by atoms with van der Waals surface area (Å²) in [5.41, 5.74) is 0.934. The summed E-state index contributed by atoms with van der Waals surface area (Å²) < 4.78 is 26.9. The maximum atomic E-state index is 13.5. The Bertz CT molecular complexity index is 1130. The fourth-order valence-corrected chi connectivity index (χ4v) is 3.09. The summed E-state index contributed by atoms with van der Waals surface area (Å²) in [6.45, 7) is 0. The normalized spacial score (nSPS) is 11.5. The Morgan fingerprint density at radius 1 is 1.08 bits per heavy atom. The highest BCUT2D eigenvalue weighted by Crippen LogP contribution is 2.45. The highest BCUT2D eigenvalue weighted by molar-refractivity contribution is 6.35. The molecule has 3 N–H and O–H groups in total. The highest BCUT2D eigenvalue weighted by Gasteiger charge is 2.23. The van der Waals surface area contributed by atoms with Crippen molar-refractivity contribution in [3.05, 3.63) is 51.9 Å². The van der Waals surface area contributed by atoms with Crippen LogP contribution < -0.4 is 0 Å². The molecule has 8 heteroatoms. The van der Waals surface area contributed by atoms with Gasteiger partial charge in [0.1, 0.15) is 5.69 Å². The number of para-hydroxylation sites is 1. The Hall–Kier alpha value is -2.93. The van der Waals surface area contributed by atoms with E-state index in [4.69, 9.17) is 11.6 Å². The van der Waals surface area contributed by atoms with E-state index in [1.54, 1.807) is 18.2 Å². The zero-order chi connectivity index (χ0) is 17.0. The van der Waals surface area contributed by atoms with Crippen molar-refractivity contribution in [2.45, 2.75) is 0 Å². The molecule has 0 spiro atoms. The van der Waals surface area contributed by atoms with Crippen LogP contribution in [0.25, 0.3) is 33.1 Å². The molecular formula is C16H8ClF2N3O2. The van der Waals surface area contributed by atoms with Crippen molar-refractivity contribution in [2.24, 2.45) is 5.18 Å². The lowest BCUT2D eigenvalue weighted by Crippen LogP contribution is -1.82. The van der Waals surface area contributed by atoms with Gasteiger partial charge in [-0.3, -0.25) is 0 Å². The molecule has 2 aromatic heterocycles. The summed E-state index contributed by atoms with van der Waals surface area (Å²) >= 11 is 6.09. The van der Waals surface area contributed by atoms with Crippen molar-refractivity contribution in [1.82, 2.24) is 9.97 Å². The predicted molar refractivity (Wildman–Crippen MR) is 87.6 cm³/mol. The number of nitrogens with one attached hydrogen (secondary N) is 2. The summed E-state index contributed by atoms with van der Waals surface area (Å²) in [5, 5.41) is 14.2. The zero-order valence-electron chi connectivity index (χ0n) is 11.8. The summed E-state index contributed by atoms with van der Waals surface area (Å²) in [4.78, 5) is 16.8. The molecule has 0 radical (unpaired) electrons. The van der Waals surface area contributed by atoms with E-state index in [0.717, 1.165) is 12.1 Å². The number of benzene rings is 2. The maximum absolute atomic E-state index is 13.5. The maximum Gasteiger partial charge on any atom is 0.199 e. The molecular weight excluding hydrogens is 340 g/mol. The lowest BCUT2D eigenvalue weighted by molar-refractivity contribution is 0.460. The summed E-state index contributed by atoms with van der Waals surface area (Å²) in [6.07, 6.45) is 0. The van der Waals surface area contributed by atoms with Crippen LogP contribution in [0.1, 0.15) is 0 Å². The van der Waals surface area contributed by atoms with E-state index in [0.29, 0.717) is 15.9 Å². The number of H-pyrrole nitrogens is 2. The Morgan fingerprint density at radius 2 is 1.83 bits per heavy atom. The molecule has 4 aromatic rings. The number of aromatic amines is 2. The van der Waals surface area contributed by atoms with Gasteiger partial charge in [-0.1, -0.05) is 23.7 Å². The third kappa shape index (κ3) is 1.91. The molecule has 2 aromatic carbocycles. The topological polar surface area (TPSA) is 81.2 Å². The monoisotopic (exact) mass is 347 g/mol. The van der Waals surface area contributed by atoms with Crippen molar-refractivity contribution in [3.8, 4) is 17.1 Å².